The number of amides is 1. The van der Waals surface area contributed by atoms with Gasteiger partial charge in [0.25, 0.3) is 0 Å². The predicted octanol–water partition coefficient (Wildman–Crippen LogP) is 2.07. The summed E-state index contributed by atoms with van der Waals surface area (Å²) in [7, 11) is -3.42. The molecule has 0 radical (unpaired) electrons. The Morgan fingerprint density at radius 3 is 2.38 bits per heavy atom. The van der Waals surface area contributed by atoms with Gasteiger partial charge < -0.3 is 5.32 Å². The third-order valence-electron chi connectivity index (χ3n) is 2.75. The molecule has 1 aromatic rings. The molecule has 0 saturated carbocycles. The summed E-state index contributed by atoms with van der Waals surface area (Å²) >= 11 is 0. The second-order valence-electron chi connectivity index (χ2n) is 6.22. The quantitative estimate of drug-likeness (QED) is 0.905. The summed E-state index contributed by atoms with van der Waals surface area (Å²) in [5.41, 5.74) is 1.23. The number of nitrogens with one attached hydrogen (secondary N) is 1. The molecule has 1 N–H and O–H groups in total. The molecule has 1 aromatic carbocycles. The molecule has 21 heavy (non-hydrogen) atoms. The summed E-state index contributed by atoms with van der Waals surface area (Å²) in [6, 6.07) is 7.23. The Hall–Kier alpha value is -1.56. The van der Waals surface area contributed by atoms with Crippen LogP contribution in [0.4, 0.5) is 5.69 Å². The van der Waals surface area contributed by atoms with E-state index in [-0.39, 0.29) is 24.4 Å². The van der Waals surface area contributed by atoms with E-state index in [1.54, 1.807) is 18.2 Å². The average molecular weight is 312 g/mol. The number of hydrogen-bond acceptors (Lipinski definition) is 3. The van der Waals surface area contributed by atoms with E-state index < -0.39 is 10.0 Å². The number of anilines is 1. The molecule has 0 saturated heterocycles. The van der Waals surface area contributed by atoms with Crippen molar-refractivity contribution in [1.29, 1.82) is 0 Å². The Morgan fingerprint density at radius 2 is 1.90 bits per heavy atom. The number of benzene rings is 1. The van der Waals surface area contributed by atoms with Crippen molar-refractivity contribution < 1.29 is 13.2 Å². The Kier molecular flexibility index (Phi) is 5.39. The normalized spacial score (nSPS) is 12.0. The topological polar surface area (TPSA) is 66.5 Å². The Bertz CT molecular complexity index is 604. The van der Waals surface area contributed by atoms with E-state index in [4.69, 9.17) is 0 Å². The number of rotatable bonds is 5. The fourth-order valence-electron chi connectivity index (χ4n) is 1.95. The third-order valence-corrected chi connectivity index (χ3v) is 3.94. The first-order valence-corrected chi connectivity index (χ1v) is 8.69. The summed E-state index contributed by atoms with van der Waals surface area (Å²) in [5.74, 6) is -0.163. The lowest BCUT2D eigenvalue weighted by Gasteiger charge is -2.24. The van der Waals surface area contributed by atoms with E-state index in [0.29, 0.717) is 5.69 Å². The lowest BCUT2D eigenvalue weighted by Crippen LogP contribution is -2.42. The van der Waals surface area contributed by atoms with Crippen molar-refractivity contribution in [2.45, 2.75) is 39.7 Å². The van der Waals surface area contributed by atoms with E-state index in [1.807, 2.05) is 33.8 Å². The van der Waals surface area contributed by atoms with Gasteiger partial charge in [-0.15, -0.1) is 0 Å². The fraction of sp³-hybridized carbons (Fsp3) is 0.533. The van der Waals surface area contributed by atoms with Crippen molar-refractivity contribution in [3.05, 3.63) is 29.8 Å². The number of sulfonamides is 1. The number of carbonyl (C=O) groups excluding carboxylic acids is 1. The van der Waals surface area contributed by atoms with Crippen molar-refractivity contribution in [2.75, 3.05) is 17.1 Å². The third kappa shape index (κ3) is 6.16. The van der Waals surface area contributed by atoms with Crippen molar-refractivity contribution in [2.24, 2.45) is 0 Å². The SMILES string of the molecule is Cc1cccc(N(CCC(=O)NC(C)(C)C)S(C)(=O)=O)c1. The maximum atomic E-state index is 11.9. The fourth-order valence-corrected chi connectivity index (χ4v) is 2.87. The number of carbonyl (C=O) groups is 1. The zero-order valence-corrected chi connectivity index (χ0v) is 14.1. The molecule has 0 bridgehead atoms. The smallest absolute Gasteiger partial charge is 0.232 e. The zero-order valence-electron chi connectivity index (χ0n) is 13.3. The molecule has 0 unspecified atom stereocenters. The standard InChI is InChI=1S/C15H24N2O3S/c1-12-7-6-8-13(11-12)17(21(5,19)20)10-9-14(18)16-15(2,3)4/h6-8,11H,9-10H2,1-5H3,(H,16,18). The highest BCUT2D eigenvalue weighted by molar-refractivity contribution is 7.92. The molecule has 1 amide bonds. The van der Waals surface area contributed by atoms with Gasteiger partial charge in [-0.25, -0.2) is 8.42 Å². The highest BCUT2D eigenvalue weighted by Crippen LogP contribution is 2.19. The monoisotopic (exact) mass is 312 g/mol. The number of aryl methyl sites for hydroxylation is 1. The molecular weight excluding hydrogens is 288 g/mol. The van der Waals surface area contributed by atoms with Crippen LogP contribution in [0.1, 0.15) is 32.8 Å². The lowest BCUT2D eigenvalue weighted by atomic mass is 10.1. The average Bonchev–Trinajstić information content (AvgIpc) is 2.24. The maximum absolute atomic E-state index is 11.9. The molecule has 0 aromatic heterocycles. The summed E-state index contributed by atoms with van der Waals surface area (Å²) in [4.78, 5) is 11.9. The molecule has 0 atom stereocenters. The van der Waals surface area contributed by atoms with Gasteiger partial charge in [0.15, 0.2) is 0 Å². The van der Waals surface area contributed by atoms with Crippen LogP contribution >= 0.6 is 0 Å². The highest BCUT2D eigenvalue weighted by atomic mass is 32.2. The lowest BCUT2D eigenvalue weighted by molar-refractivity contribution is -0.122. The van der Waals surface area contributed by atoms with Gasteiger partial charge in [0, 0.05) is 18.5 Å². The second kappa shape index (κ2) is 6.47. The van der Waals surface area contributed by atoms with E-state index in [9.17, 15) is 13.2 Å². The van der Waals surface area contributed by atoms with Crippen LogP contribution in [-0.4, -0.2) is 32.7 Å². The van der Waals surface area contributed by atoms with Gasteiger partial charge in [-0.1, -0.05) is 12.1 Å². The molecule has 5 nitrogen and oxygen atoms in total. The molecule has 118 valence electrons. The molecule has 0 aliphatic carbocycles. The van der Waals surface area contributed by atoms with Crippen LogP contribution < -0.4 is 9.62 Å². The van der Waals surface area contributed by atoms with Gasteiger partial charge in [-0.05, 0) is 45.4 Å². The van der Waals surface area contributed by atoms with Crippen molar-refractivity contribution in [3.63, 3.8) is 0 Å². The van der Waals surface area contributed by atoms with Crippen molar-refractivity contribution in [1.82, 2.24) is 5.32 Å². The molecule has 0 aliphatic rings. The minimum Gasteiger partial charge on any atom is -0.351 e. The summed E-state index contributed by atoms with van der Waals surface area (Å²) < 4.78 is 25.1. The van der Waals surface area contributed by atoms with Crippen LogP contribution in [0.25, 0.3) is 0 Å². The Morgan fingerprint density at radius 1 is 1.29 bits per heavy atom. The first kappa shape index (κ1) is 17.5. The summed E-state index contributed by atoms with van der Waals surface area (Å²) in [6.07, 6.45) is 1.27. The van der Waals surface area contributed by atoms with Crippen LogP contribution in [0.5, 0.6) is 0 Å². The molecule has 0 heterocycles. The Labute approximate surface area is 127 Å². The van der Waals surface area contributed by atoms with Crippen LogP contribution in [0, 0.1) is 6.92 Å². The van der Waals surface area contributed by atoms with Crippen LogP contribution in [-0.2, 0) is 14.8 Å². The highest BCUT2D eigenvalue weighted by Gasteiger charge is 2.20. The summed E-state index contributed by atoms with van der Waals surface area (Å²) in [6.45, 7) is 7.69. The minimum absolute atomic E-state index is 0.123. The van der Waals surface area contributed by atoms with Gasteiger partial charge in [-0.3, -0.25) is 9.10 Å². The molecule has 0 spiro atoms. The van der Waals surface area contributed by atoms with E-state index in [1.165, 1.54) is 4.31 Å². The second-order valence-corrected chi connectivity index (χ2v) is 8.13. The van der Waals surface area contributed by atoms with Crippen molar-refractivity contribution >= 4 is 21.6 Å². The van der Waals surface area contributed by atoms with Crippen LogP contribution in [0.2, 0.25) is 0 Å². The molecule has 6 heteroatoms. The van der Waals surface area contributed by atoms with E-state index in [2.05, 4.69) is 5.32 Å². The first-order valence-electron chi connectivity index (χ1n) is 6.84. The van der Waals surface area contributed by atoms with E-state index >= 15 is 0 Å². The van der Waals surface area contributed by atoms with Gasteiger partial charge in [0.1, 0.15) is 0 Å². The first-order chi connectivity index (χ1) is 9.49. The molecule has 0 fully saturated rings. The largest absolute Gasteiger partial charge is 0.351 e. The summed E-state index contributed by atoms with van der Waals surface area (Å²) in [5, 5.41) is 2.83. The van der Waals surface area contributed by atoms with Crippen LogP contribution in [0.15, 0.2) is 24.3 Å². The molecular formula is C15H24N2O3S. The minimum atomic E-state index is -3.42. The Balaban J connectivity index is 2.85. The number of nitrogens with zero attached hydrogens (tertiary/aromatic N) is 1. The zero-order chi connectivity index (χ0) is 16.3. The van der Waals surface area contributed by atoms with Gasteiger partial charge >= 0.3 is 0 Å². The molecule has 1 rings (SSSR count). The van der Waals surface area contributed by atoms with Gasteiger partial charge in [-0.2, -0.15) is 0 Å². The molecule has 0 aliphatic heterocycles. The van der Waals surface area contributed by atoms with Gasteiger partial charge in [0.2, 0.25) is 15.9 Å². The van der Waals surface area contributed by atoms with Crippen LogP contribution in [0.3, 0.4) is 0 Å². The predicted molar refractivity (Wildman–Crippen MR) is 85.9 cm³/mol. The van der Waals surface area contributed by atoms with E-state index in [0.717, 1.165) is 11.8 Å². The number of hydrogen-bond donors (Lipinski definition) is 1. The maximum Gasteiger partial charge on any atom is 0.232 e. The van der Waals surface area contributed by atoms with Crippen molar-refractivity contribution in [3.8, 4) is 0 Å². The van der Waals surface area contributed by atoms with Gasteiger partial charge in [0.05, 0.1) is 11.9 Å².